The van der Waals surface area contributed by atoms with E-state index in [1.54, 1.807) is 0 Å². The third-order valence-corrected chi connectivity index (χ3v) is 8.53. The van der Waals surface area contributed by atoms with Gasteiger partial charge in [-0.05, 0) is 0 Å². The molecule has 11 heteroatoms. The van der Waals surface area contributed by atoms with Crippen LogP contribution in [0.15, 0.2) is 4.99 Å². The van der Waals surface area contributed by atoms with Gasteiger partial charge in [-0.15, -0.1) is 0 Å². The Bertz CT molecular complexity index is 816. The lowest BCUT2D eigenvalue weighted by Crippen LogP contribution is -3.15. The molecule has 4 aliphatic heterocycles. The molecule has 7 fully saturated rings. The minimum Gasteiger partial charge on any atom is -0.393 e. The summed E-state index contributed by atoms with van der Waals surface area (Å²) in [6.07, 6.45) is -5.39. The highest BCUT2D eigenvalue weighted by Gasteiger charge is 3.15. The van der Waals surface area contributed by atoms with Crippen LogP contribution in [0.4, 0.5) is 0 Å². The van der Waals surface area contributed by atoms with Gasteiger partial charge < -0.3 is 51.2 Å². The highest BCUT2D eigenvalue weighted by atomic mass is 16.9. The number of nitrogens with one attached hydrogen (secondary N) is 1. The number of aliphatic hydroxyl groups is 6. The first kappa shape index (κ1) is 14.1. The van der Waals surface area contributed by atoms with Gasteiger partial charge in [-0.2, -0.15) is 0 Å². The summed E-state index contributed by atoms with van der Waals surface area (Å²) in [5.74, 6) is -3.99. The van der Waals surface area contributed by atoms with E-state index in [1.165, 1.54) is 0 Å². The number of aliphatic hydroxyl groups excluding tert-OH is 4. The number of rotatable bonds is 1. The second-order valence-electron chi connectivity index (χ2n) is 8.55. The standard InChI is InChI=1S/C14H17N3O8/c15-8-16-11-5(20)10-2(4(19)13(10,11)17-8)3-9(22,1-18)7-12(3,10)25-14(23,24-7)6(11)21/h2-7,18-23H,1H2,(H3,15,16,17)/t2-,3?,4?,5?,6-,7?,9?,10?,11-,12+,13-,14?/m0/s1. The van der Waals surface area contributed by atoms with Crippen LogP contribution in [0, 0.1) is 17.3 Å². The first-order chi connectivity index (χ1) is 11.7. The molecule has 8 aliphatic rings. The van der Waals surface area contributed by atoms with Crippen molar-refractivity contribution in [1.82, 2.24) is 5.32 Å². The van der Waals surface area contributed by atoms with Crippen molar-refractivity contribution >= 4 is 5.96 Å². The molecule has 12 atom stereocenters. The minimum atomic E-state index is -2.53. The molecule has 4 bridgehead atoms. The summed E-state index contributed by atoms with van der Waals surface area (Å²) in [5, 5.41) is 67.1. The number of nitrogens with zero attached hydrogens (tertiary/aromatic N) is 1. The Balaban J connectivity index is 1.57. The quantitative estimate of drug-likeness (QED) is 0.225. The van der Waals surface area contributed by atoms with Gasteiger partial charge in [0.1, 0.15) is 28.4 Å². The molecular weight excluding hydrogens is 338 g/mol. The van der Waals surface area contributed by atoms with Crippen LogP contribution in [0.2, 0.25) is 0 Å². The average Bonchev–Trinajstić information content (AvgIpc) is 3.02. The fourth-order valence-electron chi connectivity index (χ4n) is 8.21. The molecule has 7 unspecified atom stereocenters. The lowest BCUT2D eigenvalue weighted by Gasteiger charge is -2.95. The Hall–Kier alpha value is -1.05. The predicted octanol–water partition coefficient (Wildman–Crippen LogP) is -5.72. The summed E-state index contributed by atoms with van der Waals surface area (Å²) in [6.45, 7) is -0.670. The monoisotopic (exact) mass is 355 g/mol. The van der Waals surface area contributed by atoms with Crippen LogP contribution < -0.4 is 11.1 Å². The van der Waals surface area contributed by atoms with Gasteiger partial charge in [-0.25, -0.2) is 4.99 Å². The first-order valence-corrected chi connectivity index (χ1v) is 8.28. The van der Waals surface area contributed by atoms with E-state index in [4.69, 9.17) is 15.2 Å². The van der Waals surface area contributed by atoms with Crippen LogP contribution in [0.5, 0.6) is 0 Å². The van der Waals surface area contributed by atoms with Crippen LogP contribution in [-0.4, -0.2) is 95.9 Å². The Morgan fingerprint density at radius 1 is 1.20 bits per heavy atom. The van der Waals surface area contributed by atoms with E-state index in [2.05, 4.69) is 10.3 Å². The van der Waals surface area contributed by atoms with Gasteiger partial charge in [-0.3, -0.25) is 0 Å². The fraction of sp³-hybridized carbons (Fsp3) is 0.929. The van der Waals surface area contributed by atoms with Crippen LogP contribution in [0.25, 0.3) is 0 Å². The van der Waals surface area contributed by atoms with Crippen molar-refractivity contribution in [1.29, 1.82) is 0 Å². The van der Waals surface area contributed by atoms with Crippen LogP contribution in [-0.2, 0) is 9.47 Å². The Morgan fingerprint density at radius 2 is 1.92 bits per heavy atom. The third kappa shape index (κ3) is 0.724. The number of guanidine groups is 1. The van der Waals surface area contributed by atoms with Crippen LogP contribution >= 0.6 is 0 Å². The average molecular weight is 355 g/mol. The molecular formula is C14H17N3O8. The van der Waals surface area contributed by atoms with E-state index in [0.717, 1.165) is 0 Å². The molecule has 25 heavy (non-hydrogen) atoms. The van der Waals surface area contributed by atoms with Gasteiger partial charge in [0, 0.05) is 11.8 Å². The van der Waals surface area contributed by atoms with E-state index >= 15 is 0 Å². The van der Waals surface area contributed by atoms with E-state index in [0.29, 0.717) is 0 Å². The molecule has 0 aromatic heterocycles. The number of nitrogens with two attached hydrogens (primary N) is 1. The summed E-state index contributed by atoms with van der Waals surface area (Å²) in [5.41, 5.74) is -1.49. The van der Waals surface area contributed by atoms with Gasteiger partial charge in [0.2, 0.25) is 0 Å². The number of hydrogen-bond donors (Lipinski definition) is 8. The summed E-state index contributed by atoms with van der Waals surface area (Å²) in [7, 11) is 0. The van der Waals surface area contributed by atoms with E-state index in [9.17, 15) is 30.6 Å². The molecule has 0 amide bonds. The molecule has 4 spiro atoms. The smallest absolute Gasteiger partial charge is 0.311 e. The van der Waals surface area contributed by atoms with Gasteiger partial charge in [0.05, 0.1) is 24.2 Å². The zero-order chi connectivity index (χ0) is 17.6. The second kappa shape index (κ2) is 2.98. The summed E-state index contributed by atoms with van der Waals surface area (Å²) >= 11 is 0. The second-order valence-corrected chi connectivity index (χ2v) is 8.55. The number of fused-ring (bicyclic) bond motifs is 1. The number of hydrogen-bond acceptors (Lipinski definition) is 11. The maximum absolute atomic E-state index is 11.1. The molecule has 0 aromatic carbocycles. The minimum absolute atomic E-state index is 0.0643. The van der Waals surface area contributed by atoms with E-state index in [-0.39, 0.29) is 5.96 Å². The molecule has 9 N–H and O–H groups in total. The summed E-state index contributed by atoms with van der Waals surface area (Å²) in [6, 6.07) is 0. The number of ether oxygens (including phenoxy) is 2. The fourth-order valence-corrected chi connectivity index (χ4v) is 8.21. The normalized spacial score (nSPS) is 77.9. The van der Waals surface area contributed by atoms with Gasteiger partial charge in [-0.1, -0.05) is 0 Å². The third-order valence-electron chi connectivity index (χ3n) is 8.53. The zero-order valence-electron chi connectivity index (χ0n) is 12.7. The Morgan fingerprint density at radius 3 is 2.60 bits per heavy atom. The van der Waals surface area contributed by atoms with Crippen LogP contribution in [0.3, 0.4) is 0 Å². The molecule has 4 saturated carbocycles. The summed E-state index contributed by atoms with van der Waals surface area (Å²) in [4.78, 5) is 4.34. The highest BCUT2D eigenvalue weighted by molar-refractivity contribution is 5.87. The van der Waals surface area contributed by atoms with Crippen molar-refractivity contribution in [2.45, 2.75) is 52.7 Å². The molecule has 4 heterocycles. The van der Waals surface area contributed by atoms with Crippen molar-refractivity contribution in [2.24, 2.45) is 28.0 Å². The predicted molar refractivity (Wildman–Crippen MR) is 73.3 cm³/mol. The number of aliphatic imine (C=N–C) groups is 1. The van der Waals surface area contributed by atoms with E-state index in [1.807, 2.05) is 0 Å². The summed E-state index contributed by atoms with van der Waals surface area (Å²) < 4.78 is 11.3. The van der Waals surface area contributed by atoms with Crippen molar-refractivity contribution < 1.29 is 40.1 Å². The Kier molecular flexibility index (Phi) is 1.67. The molecule has 8 rings (SSSR count). The first-order valence-electron chi connectivity index (χ1n) is 8.28. The van der Waals surface area contributed by atoms with Crippen LogP contribution in [0.1, 0.15) is 0 Å². The van der Waals surface area contributed by atoms with Gasteiger partial charge in [0.25, 0.3) is 0 Å². The molecule has 11 nitrogen and oxygen atoms in total. The molecule has 0 aromatic rings. The van der Waals surface area contributed by atoms with Gasteiger partial charge in [0.15, 0.2) is 12.1 Å². The zero-order valence-corrected chi connectivity index (χ0v) is 12.7. The van der Waals surface area contributed by atoms with Crippen molar-refractivity contribution in [3.8, 4) is 0 Å². The largest absolute Gasteiger partial charge is 0.393 e. The SMILES string of the molecule is NC1=N[C@@]23C(O)[C@@H]4C5C(O)(CO)C6OC7(O)O[C@@]65C42C(O)[C@]3(N1)[C@@H]7O. The van der Waals surface area contributed by atoms with Crippen molar-refractivity contribution in [3.05, 3.63) is 0 Å². The van der Waals surface area contributed by atoms with Crippen molar-refractivity contribution in [3.63, 3.8) is 0 Å². The van der Waals surface area contributed by atoms with E-state index < -0.39 is 76.5 Å². The molecule has 136 valence electrons. The van der Waals surface area contributed by atoms with Crippen molar-refractivity contribution in [2.75, 3.05) is 6.61 Å². The maximum Gasteiger partial charge on any atom is 0.311 e. The lowest BCUT2D eigenvalue weighted by molar-refractivity contribution is -0.544. The molecule has 0 radical (unpaired) electrons. The Labute approximate surface area is 139 Å². The highest BCUT2D eigenvalue weighted by Crippen LogP contribution is 2.96. The molecule has 3 saturated heterocycles. The van der Waals surface area contributed by atoms with Gasteiger partial charge >= 0.3 is 5.97 Å². The lowest BCUT2D eigenvalue weighted by atomic mass is 9.10. The maximum atomic E-state index is 11.1. The topological polar surface area (TPSA) is 190 Å². The molecule has 4 aliphatic carbocycles.